The number of hydrogen-bond donors (Lipinski definition) is 1. The van der Waals surface area contributed by atoms with Crippen molar-refractivity contribution in [3.63, 3.8) is 0 Å². The minimum atomic E-state index is -3.68. The van der Waals surface area contributed by atoms with Crippen LogP contribution < -0.4 is 4.72 Å². The maximum Gasteiger partial charge on any atom is 0.240 e. The molecule has 1 aliphatic rings. The maximum absolute atomic E-state index is 13.1. The van der Waals surface area contributed by atoms with Crippen molar-refractivity contribution in [1.82, 2.24) is 4.72 Å². The topological polar surface area (TPSA) is 46.2 Å². The highest BCUT2D eigenvalue weighted by molar-refractivity contribution is 7.89. The Morgan fingerprint density at radius 3 is 2.41 bits per heavy atom. The van der Waals surface area contributed by atoms with E-state index in [2.05, 4.69) is 41.1 Å². The fourth-order valence-electron chi connectivity index (χ4n) is 4.35. The van der Waals surface area contributed by atoms with E-state index in [1.807, 2.05) is 12.1 Å². The standard InChI is InChI=1S/C24H20FNO2S/c25-18-8-11-20(12-9-18)29(27,28)26-19-10-5-17-7-13-22-21-4-2-1-3-16(21)6-14-23(22)24(17)15-19/h1-4,6-9,11-14,19,26H,5,10,15H2. The van der Waals surface area contributed by atoms with Crippen LogP contribution in [0.15, 0.2) is 77.7 Å². The van der Waals surface area contributed by atoms with Gasteiger partial charge in [0.15, 0.2) is 0 Å². The van der Waals surface area contributed by atoms with E-state index in [9.17, 15) is 12.8 Å². The molecular formula is C24H20FNO2S. The van der Waals surface area contributed by atoms with Gasteiger partial charge in [0.25, 0.3) is 0 Å². The van der Waals surface area contributed by atoms with E-state index in [1.165, 1.54) is 56.9 Å². The first-order valence-electron chi connectivity index (χ1n) is 9.71. The van der Waals surface area contributed by atoms with Gasteiger partial charge in [0.05, 0.1) is 4.90 Å². The summed E-state index contributed by atoms with van der Waals surface area (Å²) in [7, 11) is -3.68. The quantitative estimate of drug-likeness (QED) is 0.489. The molecule has 0 spiro atoms. The normalized spacial score (nSPS) is 16.8. The predicted octanol–water partition coefficient (Wildman–Crippen LogP) is 4.97. The highest BCUT2D eigenvalue weighted by Gasteiger charge is 2.25. The van der Waals surface area contributed by atoms with E-state index >= 15 is 0 Å². The van der Waals surface area contributed by atoms with Crippen LogP contribution in [0.5, 0.6) is 0 Å². The second-order valence-electron chi connectivity index (χ2n) is 7.60. The van der Waals surface area contributed by atoms with Gasteiger partial charge in [-0.3, -0.25) is 0 Å². The third-order valence-corrected chi connectivity index (χ3v) is 7.33. The van der Waals surface area contributed by atoms with Crippen molar-refractivity contribution in [2.45, 2.75) is 30.2 Å². The Morgan fingerprint density at radius 2 is 1.59 bits per heavy atom. The molecule has 4 aromatic rings. The molecule has 1 aliphatic carbocycles. The van der Waals surface area contributed by atoms with Gasteiger partial charge in [-0.15, -0.1) is 0 Å². The van der Waals surface area contributed by atoms with Crippen LogP contribution in [0.3, 0.4) is 0 Å². The molecule has 0 saturated carbocycles. The smallest absolute Gasteiger partial charge is 0.208 e. The Balaban J connectivity index is 1.50. The first-order chi connectivity index (χ1) is 14.0. The van der Waals surface area contributed by atoms with Gasteiger partial charge in [-0.05, 0) is 76.2 Å². The molecule has 0 aromatic heterocycles. The number of nitrogens with one attached hydrogen (secondary N) is 1. The van der Waals surface area contributed by atoms with Crippen LogP contribution >= 0.6 is 0 Å². The largest absolute Gasteiger partial charge is 0.240 e. The first-order valence-corrected chi connectivity index (χ1v) is 11.2. The minimum Gasteiger partial charge on any atom is -0.208 e. The van der Waals surface area contributed by atoms with Gasteiger partial charge < -0.3 is 0 Å². The molecule has 1 unspecified atom stereocenters. The number of sulfonamides is 1. The van der Waals surface area contributed by atoms with Crippen LogP contribution in [-0.2, 0) is 22.9 Å². The molecule has 5 heteroatoms. The molecule has 0 bridgehead atoms. The highest BCUT2D eigenvalue weighted by atomic mass is 32.2. The Kier molecular flexibility index (Phi) is 4.37. The van der Waals surface area contributed by atoms with Gasteiger partial charge in [-0.25, -0.2) is 17.5 Å². The molecule has 1 atom stereocenters. The number of rotatable bonds is 3. The van der Waals surface area contributed by atoms with Gasteiger partial charge in [-0.1, -0.05) is 48.5 Å². The van der Waals surface area contributed by atoms with Crippen molar-refractivity contribution in [3.8, 4) is 0 Å². The summed E-state index contributed by atoms with van der Waals surface area (Å²) < 4.78 is 41.4. The van der Waals surface area contributed by atoms with Crippen LogP contribution in [0, 0.1) is 5.82 Å². The molecule has 0 fully saturated rings. The zero-order chi connectivity index (χ0) is 20.0. The summed E-state index contributed by atoms with van der Waals surface area (Å²) >= 11 is 0. The Labute approximate surface area is 169 Å². The molecular weight excluding hydrogens is 385 g/mol. The number of benzene rings is 4. The molecule has 5 rings (SSSR count). The molecule has 3 nitrogen and oxygen atoms in total. The summed E-state index contributed by atoms with van der Waals surface area (Å²) in [5.74, 6) is -0.450. The maximum atomic E-state index is 13.1. The Bertz CT molecular complexity index is 1330. The number of halogens is 1. The number of aryl methyl sites for hydroxylation is 1. The lowest BCUT2D eigenvalue weighted by molar-refractivity contribution is 0.509. The van der Waals surface area contributed by atoms with E-state index in [1.54, 1.807) is 0 Å². The molecule has 146 valence electrons. The van der Waals surface area contributed by atoms with E-state index in [4.69, 9.17) is 0 Å². The lowest BCUT2D eigenvalue weighted by Crippen LogP contribution is -2.38. The Morgan fingerprint density at radius 1 is 0.828 bits per heavy atom. The summed E-state index contributed by atoms with van der Waals surface area (Å²) in [6.45, 7) is 0. The minimum absolute atomic E-state index is 0.0913. The van der Waals surface area contributed by atoms with Gasteiger partial charge in [-0.2, -0.15) is 0 Å². The zero-order valence-electron chi connectivity index (χ0n) is 15.7. The predicted molar refractivity (Wildman–Crippen MR) is 114 cm³/mol. The third-order valence-electron chi connectivity index (χ3n) is 5.79. The molecule has 0 radical (unpaired) electrons. The van der Waals surface area contributed by atoms with Gasteiger partial charge in [0, 0.05) is 6.04 Å². The van der Waals surface area contributed by atoms with Gasteiger partial charge in [0.2, 0.25) is 10.0 Å². The fourth-order valence-corrected chi connectivity index (χ4v) is 5.62. The molecule has 1 N–H and O–H groups in total. The van der Waals surface area contributed by atoms with Gasteiger partial charge >= 0.3 is 0 Å². The summed E-state index contributed by atoms with van der Waals surface area (Å²) in [6, 6.07) is 21.7. The SMILES string of the molecule is O=S(=O)(NC1CCc2ccc3c(ccc4ccccc43)c2C1)c1ccc(F)cc1. The monoisotopic (exact) mass is 405 g/mol. The third kappa shape index (κ3) is 3.30. The van der Waals surface area contributed by atoms with Crippen LogP contribution in [0.4, 0.5) is 4.39 Å². The average molecular weight is 405 g/mol. The molecule has 29 heavy (non-hydrogen) atoms. The van der Waals surface area contributed by atoms with Crippen molar-refractivity contribution in [2.24, 2.45) is 0 Å². The van der Waals surface area contributed by atoms with Crippen molar-refractivity contribution < 1.29 is 12.8 Å². The second kappa shape index (κ2) is 6.94. The molecule has 0 saturated heterocycles. The number of hydrogen-bond acceptors (Lipinski definition) is 2. The van der Waals surface area contributed by atoms with Crippen molar-refractivity contribution in [3.05, 3.63) is 89.7 Å². The molecule has 0 amide bonds. The zero-order valence-corrected chi connectivity index (χ0v) is 16.5. The molecule has 0 aliphatic heterocycles. The van der Waals surface area contributed by atoms with Crippen LogP contribution in [0.25, 0.3) is 21.5 Å². The summed E-state index contributed by atoms with van der Waals surface area (Å²) in [6.07, 6.45) is 2.21. The lowest BCUT2D eigenvalue weighted by Gasteiger charge is -2.27. The van der Waals surface area contributed by atoms with Crippen LogP contribution in [-0.4, -0.2) is 14.5 Å². The molecule has 0 heterocycles. The summed E-state index contributed by atoms with van der Waals surface area (Å²) in [5, 5.41) is 4.79. The molecule has 4 aromatic carbocycles. The average Bonchev–Trinajstić information content (AvgIpc) is 2.73. The number of fused-ring (bicyclic) bond motifs is 5. The fraction of sp³-hybridized carbons (Fsp3) is 0.167. The van der Waals surface area contributed by atoms with Crippen LogP contribution in [0.2, 0.25) is 0 Å². The first kappa shape index (κ1) is 18.3. The highest BCUT2D eigenvalue weighted by Crippen LogP contribution is 2.33. The van der Waals surface area contributed by atoms with Gasteiger partial charge in [0.1, 0.15) is 5.82 Å². The van der Waals surface area contributed by atoms with Crippen molar-refractivity contribution in [1.29, 1.82) is 0 Å². The Hall–Kier alpha value is -2.76. The van der Waals surface area contributed by atoms with E-state index < -0.39 is 15.8 Å². The van der Waals surface area contributed by atoms with Crippen molar-refractivity contribution >= 4 is 31.6 Å². The van der Waals surface area contributed by atoms with Crippen LogP contribution in [0.1, 0.15) is 17.5 Å². The second-order valence-corrected chi connectivity index (χ2v) is 9.31. The van der Waals surface area contributed by atoms with E-state index in [0.29, 0.717) is 6.42 Å². The lowest BCUT2D eigenvalue weighted by atomic mass is 9.84. The summed E-state index contributed by atoms with van der Waals surface area (Å²) in [5.41, 5.74) is 2.50. The summed E-state index contributed by atoms with van der Waals surface area (Å²) in [4.78, 5) is 0.0913. The van der Waals surface area contributed by atoms with Crippen molar-refractivity contribution in [2.75, 3.05) is 0 Å². The van der Waals surface area contributed by atoms with E-state index in [-0.39, 0.29) is 10.9 Å². The van der Waals surface area contributed by atoms with E-state index in [0.717, 1.165) is 12.8 Å².